The highest BCUT2D eigenvalue weighted by Gasteiger charge is 2.49. The number of nitrogens with zero attached hydrogens (tertiary/aromatic N) is 1. The van der Waals surface area contributed by atoms with Crippen molar-refractivity contribution in [1.82, 2.24) is 0 Å². The fourth-order valence-electron chi connectivity index (χ4n) is 3.06. The molecule has 2 atom stereocenters. The van der Waals surface area contributed by atoms with Crippen molar-refractivity contribution in [1.29, 1.82) is 0 Å². The van der Waals surface area contributed by atoms with Gasteiger partial charge in [-0.3, -0.25) is 9.59 Å². The van der Waals surface area contributed by atoms with Crippen LogP contribution in [0.2, 0.25) is 5.02 Å². The molecule has 5 heteroatoms. The zero-order chi connectivity index (χ0) is 13.6. The maximum Gasteiger partial charge on any atom is 0.237 e. The summed E-state index contributed by atoms with van der Waals surface area (Å²) in [5.74, 6) is -0.408. The van der Waals surface area contributed by atoms with Crippen molar-refractivity contribution < 1.29 is 9.59 Å². The standard InChI is InChI=1S/C14H13BrClNO2/c15-12-10(16)6-3-7-11(12)17-13(18)8-4-1-2-5-9(8)14(17)19/h3,6-9H,1-2,4-5H2. The normalized spacial score (nSPS) is 26.7. The molecule has 2 amide bonds. The van der Waals surface area contributed by atoms with E-state index in [1.54, 1.807) is 18.2 Å². The highest BCUT2D eigenvalue weighted by molar-refractivity contribution is 9.10. The lowest BCUT2D eigenvalue weighted by Gasteiger charge is -2.19. The van der Waals surface area contributed by atoms with E-state index in [-0.39, 0.29) is 23.7 Å². The van der Waals surface area contributed by atoms with Crippen molar-refractivity contribution in [3.05, 3.63) is 27.7 Å². The van der Waals surface area contributed by atoms with Gasteiger partial charge in [-0.25, -0.2) is 4.90 Å². The lowest BCUT2D eigenvalue weighted by atomic mass is 9.81. The summed E-state index contributed by atoms with van der Waals surface area (Å²) in [5.41, 5.74) is 0.567. The summed E-state index contributed by atoms with van der Waals surface area (Å²) in [4.78, 5) is 26.2. The third kappa shape index (κ3) is 2.01. The van der Waals surface area contributed by atoms with Crippen LogP contribution in [0.1, 0.15) is 25.7 Å². The van der Waals surface area contributed by atoms with Crippen LogP contribution in [0.4, 0.5) is 5.69 Å². The first kappa shape index (κ1) is 13.1. The Morgan fingerprint density at radius 3 is 2.26 bits per heavy atom. The molecule has 100 valence electrons. The van der Waals surface area contributed by atoms with E-state index in [4.69, 9.17) is 11.6 Å². The number of hydrogen-bond acceptors (Lipinski definition) is 2. The second-order valence-electron chi connectivity index (χ2n) is 5.08. The summed E-state index contributed by atoms with van der Waals surface area (Å²) in [6.07, 6.45) is 3.71. The van der Waals surface area contributed by atoms with E-state index in [0.717, 1.165) is 25.7 Å². The van der Waals surface area contributed by atoms with Crippen molar-refractivity contribution in [2.24, 2.45) is 11.8 Å². The predicted octanol–water partition coefficient (Wildman–Crippen LogP) is 3.78. The molecule has 2 aliphatic rings. The van der Waals surface area contributed by atoms with Gasteiger partial charge in [0.05, 0.1) is 27.0 Å². The SMILES string of the molecule is O=C1C2CCCCC2C(=O)N1c1cccc(Cl)c1Br. The van der Waals surface area contributed by atoms with Crippen LogP contribution in [0.5, 0.6) is 0 Å². The van der Waals surface area contributed by atoms with Gasteiger partial charge in [0.1, 0.15) is 0 Å². The van der Waals surface area contributed by atoms with Gasteiger partial charge >= 0.3 is 0 Å². The van der Waals surface area contributed by atoms with Crippen LogP contribution >= 0.6 is 27.5 Å². The Morgan fingerprint density at radius 1 is 1.11 bits per heavy atom. The van der Waals surface area contributed by atoms with E-state index < -0.39 is 0 Å². The first-order valence-corrected chi connectivity index (χ1v) is 7.60. The van der Waals surface area contributed by atoms with Gasteiger partial charge in [-0.2, -0.15) is 0 Å². The molecule has 2 unspecified atom stereocenters. The van der Waals surface area contributed by atoms with Crippen molar-refractivity contribution in [2.75, 3.05) is 4.90 Å². The monoisotopic (exact) mass is 341 g/mol. The van der Waals surface area contributed by atoms with Crippen molar-refractivity contribution in [3.8, 4) is 0 Å². The van der Waals surface area contributed by atoms with Gasteiger partial charge < -0.3 is 0 Å². The Hall–Kier alpha value is -0.870. The minimum atomic E-state index is -0.132. The average molecular weight is 343 g/mol. The second-order valence-corrected chi connectivity index (χ2v) is 6.28. The minimum absolute atomic E-state index is 0.0716. The molecule has 1 aromatic carbocycles. The summed E-state index contributed by atoms with van der Waals surface area (Å²) < 4.78 is 0.608. The number of fused-ring (bicyclic) bond motifs is 1. The van der Waals surface area contributed by atoms with E-state index in [9.17, 15) is 9.59 Å². The highest BCUT2D eigenvalue weighted by atomic mass is 79.9. The number of amides is 2. The van der Waals surface area contributed by atoms with Crippen LogP contribution in [-0.2, 0) is 9.59 Å². The number of benzene rings is 1. The molecule has 1 saturated carbocycles. The fourth-order valence-corrected chi connectivity index (χ4v) is 3.68. The molecule has 2 fully saturated rings. The molecule has 19 heavy (non-hydrogen) atoms. The zero-order valence-corrected chi connectivity index (χ0v) is 12.6. The van der Waals surface area contributed by atoms with Crippen LogP contribution in [-0.4, -0.2) is 11.8 Å². The van der Waals surface area contributed by atoms with E-state index in [2.05, 4.69) is 15.9 Å². The Morgan fingerprint density at radius 2 is 1.68 bits per heavy atom. The van der Waals surface area contributed by atoms with Crippen molar-refractivity contribution in [2.45, 2.75) is 25.7 Å². The maximum atomic E-state index is 12.5. The number of imide groups is 1. The third-order valence-electron chi connectivity index (χ3n) is 4.01. The third-order valence-corrected chi connectivity index (χ3v) is 5.39. The van der Waals surface area contributed by atoms with Crippen molar-refractivity contribution in [3.63, 3.8) is 0 Å². The van der Waals surface area contributed by atoms with Crippen LogP contribution in [0.25, 0.3) is 0 Å². The van der Waals surface area contributed by atoms with Gasteiger partial charge in [-0.05, 0) is 40.9 Å². The van der Waals surface area contributed by atoms with Gasteiger partial charge in [0, 0.05) is 0 Å². The number of rotatable bonds is 1. The maximum absolute atomic E-state index is 12.5. The Labute approximate surface area is 125 Å². The summed E-state index contributed by atoms with van der Waals surface area (Å²) >= 11 is 9.41. The molecule has 0 N–H and O–H groups in total. The smallest absolute Gasteiger partial charge is 0.237 e. The first-order chi connectivity index (χ1) is 9.11. The number of hydrogen-bond donors (Lipinski definition) is 0. The van der Waals surface area contributed by atoms with Gasteiger partial charge in [0.15, 0.2) is 0 Å². The predicted molar refractivity (Wildman–Crippen MR) is 77.1 cm³/mol. The van der Waals surface area contributed by atoms with Crippen molar-refractivity contribution >= 4 is 45.0 Å². The van der Waals surface area contributed by atoms with E-state index in [1.165, 1.54) is 4.90 Å². The zero-order valence-electron chi connectivity index (χ0n) is 10.2. The topological polar surface area (TPSA) is 37.4 Å². The fraction of sp³-hybridized carbons (Fsp3) is 0.429. The van der Waals surface area contributed by atoms with Crippen LogP contribution < -0.4 is 4.90 Å². The molecular formula is C14H13BrClNO2. The Balaban J connectivity index is 2.03. The van der Waals surface area contributed by atoms with Gasteiger partial charge in [-0.15, -0.1) is 0 Å². The second kappa shape index (κ2) is 4.91. The number of carbonyl (C=O) groups is 2. The molecule has 0 radical (unpaired) electrons. The Kier molecular flexibility index (Phi) is 3.39. The first-order valence-electron chi connectivity index (χ1n) is 6.43. The highest BCUT2D eigenvalue weighted by Crippen LogP contribution is 2.43. The molecular weight excluding hydrogens is 330 g/mol. The molecule has 1 aromatic rings. The van der Waals surface area contributed by atoms with Crippen LogP contribution in [0, 0.1) is 11.8 Å². The molecule has 1 aliphatic heterocycles. The molecule has 1 heterocycles. The molecule has 3 nitrogen and oxygen atoms in total. The molecule has 0 spiro atoms. The van der Waals surface area contributed by atoms with Crippen LogP contribution in [0.3, 0.4) is 0 Å². The summed E-state index contributed by atoms with van der Waals surface area (Å²) in [6.45, 7) is 0. The quantitative estimate of drug-likeness (QED) is 0.728. The molecule has 0 bridgehead atoms. The summed E-state index contributed by atoms with van der Waals surface area (Å²) in [7, 11) is 0. The van der Waals surface area contributed by atoms with E-state index >= 15 is 0 Å². The minimum Gasteiger partial charge on any atom is -0.274 e. The van der Waals surface area contributed by atoms with Gasteiger partial charge in [-0.1, -0.05) is 30.5 Å². The van der Waals surface area contributed by atoms with E-state index in [1.807, 2.05) is 0 Å². The average Bonchev–Trinajstić information content (AvgIpc) is 2.67. The number of anilines is 1. The molecule has 0 aromatic heterocycles. The largest absolute Gasteiger partial charge is 0.274 e. The van der Waals surface area contributed by atoms with E-state index in [0.29, 0.717) is 15.2 Å². The Bertz CT molecular complexity index is 536. The number of halogens is 2. The lowest BCUT2D eigenvalue weighted by molar-refractivity contribution is -0.122. The molecule has 3 rings (SSSR count). The summed E-state index contributed by atoms with van der Waals surface area (Å²) in [5, 5.41) is 0.507. The lowest BCUT2D eigenvalue weighted by Crippen LogP contribution is -2.31. The molecule has 1 aliphatic carbocycles. The van der Waals surface area contributed by atoms with Crippen LogP contribution in [0.15, 0.2) is 22.7 Å². The number of carbonyl (C=O) groups excluding carboxylic acids is 2. The molecule has 1 saturated heterocycles. The van der Waals surface area contributed by atoms with Gasteiger partial charge in [0.2, 0.25) is 11.8 Å². The van der Waals surface area contributed by atoms with Gasteiger partial charge in [0.25, 0.3) is 0 Å². The summed E-state index contributed by atoms with van der Waals surface area (Å²) in [6, 6.07) is 5.24.